The number of benzene rings is 1. The number of rotatable bonds is 9. The average Bonchev–Trinajstić information content (AvgIpc) is 2.57. The maximum absolute atomic E-state index is 12.7. The molecule has 0 aliphatic rings. The van der Waals surface area contributed by atoms with Crippen LogP contribution in [0.3, 0.4) is 0 Å². The van der Waals surface area contributed by atoms with Crippen LogP contribution in [-0.2, 0) is 20.7 Å². The van der Waals surface area contributed by atoms with Crippen molar-refractivity contribution >= 4 is 34.7 Å². The van der Waals surface area contributed by atoms with Crippen LogP contribution in [0.5, 0.6) is 5.75 Å². The van der Waals surface area contributed by atoms with Gasteiger partial charge in [-0.05, 0) is 101 Å². The van der Waals surface area contributed by atoms with E-state index in [0.717, 1.165) is 9.13 Å². The van der Waals surface area contributed by atoms with Gasteiger partial charge in [0.05, 0.1) is 13.3 Å². The molecule has 0 saturated heterocycles. The number of hydrogen-bond donors (Lipinski definition) is 1. The molecule has 0 bridgehead atoms. The zero-order chi connectivity index (χ0) is 22.9. The van der Waals surface area contributed by atoms with Gasteiger partial charge in [-0.1, -0.05) is 0 Å². The summed E-state index contributed by atoms with van der Waals surface area (Å²) < 4.78 is 29.6. The van der Waals surface area contributed by atoms with Gasteiger partial charge in [0.1, 0.15) is 23.0 Å². The van der Waals surface area contributed by atoms with Gasteiger partial charge in [0.25, 0.3) is 0 Å². The molecule has 1 amide bonds. The SMILES string of the molecule is CC(C)(C)OC(=O)NC(Cc1cc(OCCCCF)ccc1I)C(=O)OC(C)(C)C. The van der Waals surface area contributed by atoms with Crippen molar-refractivity contribution in [3.8, 4) is 5.75 Å². The Bertz CT molecular complexity index is 712. The van der Waals surface area contributed by atoms with Gasteiger partial charge in [-0.15, -0.1) is 0 Å². The highest BCUT2D eigenvalue weighted by Crippen LogP contribution is 2.22. The zero-order valence-electron chi connectivity index (χ0n) is 18.6. The topological polar surface area (TPSA) is 73.9 Å². The first-order chi connectivity index (χ1) is 13.8. The van der Waals surface area contributed by atoms with Crippen molar-refractivity contribution in [1.82, 2.24) is 5.32 Å². The van der Waals surface area contributed by atoms with Crippen LogP contribution in [0.2, 0.25) is 0 Å². The molecule has 0 aromatic heterocycles. The van der Waals surface area contributed by atoms with E-state index in [9.17, 15) is 14.0 Å². The number of unbranched alkanes of at least 4 members (excludes halogenated alkanes) is 1. The third-order valence-corrected chi connectivity index (χ3v) is 4.67. The van der Waals surface area contributed by atoms with E-state index in [0.29, 0.717) is 25.2 Å². The summed E-state index contributed by atoms with van der Waals surface area (Å²) in [5.74, 6) is 0.0860. The van der Waals surface area contributed by atoms with E-state index in [2.05, 4.69) is 27.9 Å². The minimum atomic E-state index is -0.922. The van der Waals surface area contributed by atoms with Crippen LogP contribution >= 0.6 is 22.6 Å². The van der Waals surface area contributed by atoms with Crippen molar-refractivity contribution in [2.45, 2.75) is 78.0 Å². The Hall–Kier alpha value is -1.58. The summed E-state index contributed by atoms with van der Waals surface area (Å²) in [6.45, 7) is 10.6. The van der Waals surface area contributed by atoms with Gasteiger partial charge in [-0.25, -0.2) is 9.59 Å². The fourth-order valence-corrected chi connectivity index (χ4v) is 2.98. The van der Waals surface area contributed by atoms with E-state index >= 15 is 0 Å². The Morgan fingerprint density at radius 3 is 2.27 bits per heavy atom. The predicted octanol–water partition coefficient (Wildman–Crippen LogP) is 5.20. The van der Waals surface area contributed by atoms with Crippen molar-refractivity contribution in [3.05, 3.63) is 27.3 Å². The largest absolute Gasteiger partial charge is 0.494 e. The Labute approximate surface area is 192 Å². The van der Waals surface area contributed by atoms with Crippen molar-refractivity contribution in [1.29, 1.82) is 0 Å². The summed E-state index contributed by atoms with van der Waals surface area (Å²) in [6.07, 6.45) is 0.608. The zero-order valence-corrected chi connectivity index (χ0v) is 20.8. The summed E-state index contributed by atoms with van der Waals surface area (Å²) >= 11 is 2.17. The molecule has 170 valence electrons. The maximum Gasteiger partial charge on any atom is 0.408 e. The first-order valence-corrected chi connectivity index (χ1v) is 11.1. The summed E-state index contributed by atoms with van der Waals surface area (Å²) in [4.78, 5) is 25.0. The summed E-state index contributed by atoms with van der Waals surface area (Å²) in [5.41, 5.74) is -0.561. The van der Waals surface area contributed by atoms with Gasteiger partial charge in [-0.3, -0.25) is 4.39 Å². The van der Waals surface area contributed by atoms with Gasteiger partial charge in [-0.2, -0.15) is 0 Å². The van der Waals surface area contributed by atoms with Crippen molar-refractivity contribution in [2.24, 2.45) is 0 Å². The number of amides is 1. The number of halogens is 2. The molecule has 0 aliphatic heterocycles. The molecule has 1 unspecified atom stereocenters. The van der Waals surface area contributed by atoms with E-state index in [1.54, 1.807) is 41.5 Å². The van der Waals surface area contributed by atoms with Gasteiger partial charge in [0.15, 0.2) is 0 Å². The molecule has 0 radical (unpaired) electrons. The molecule has 0 heterocycles. The quantitative estimate of drug-likeness (QED) is 0.267. The van der Waals surface area contributed by atoms with Crippen LogP contribution in [0.4, 0.5) is 9.18 Å². The predicted molar refractivity (Wildman–Crippen MR) is 123 cm³/mol. The highest BCUT2D eigenvalue weighted by Gasteiger charge is 2.29. The number of carbonyl (C=O) groups excluding carboxylic acids is 2. The Morgan fingerprint density at radius 1 is 1.07 bits per heavy atom. The standard InChI is InChI=1S/C22H33FINO5/c1-21(2,3)29-19(26)18(25-20(27)30-22(4,5)6)14-15-13-16(9-10-17(15)24)28-12-8-7-11-23/h9-10,13,18H,7-8,11-12,14H2,1-6H3,(H,25,27). The van der Waals surface area contributed by atoms with Gasteiger partial charge in [0, 0.05) is 9.99 Å². The number of alkyl halides is 1. The molecule has 6 nitrogen and oxygen atoms in total. The number of esters is 1. The fraction of sp³-hybridized carbons (Fsp3) is 0.636. The molecule has 1 aromatic rings. The number of ether oxygens (including phenoxy) is 3. The van der Waals surface area contributed by atoms with Crippen LogP contribution in [-0.4, -0.2) is 42.6 Å². The second kappa shape index (κ2) is 11.7. The van der Waals surface area contributed by atoms with Crippen LogP contribution in [0.25, 0.3) is 0 Å². The monoisotopic (exact) mass is 537 g/mol. The van der Waals surface area contributed by atoms with Gasteiger partial charge >= 0.3 is 12.1 Å². The smallest absolute Gasteiger partial charge is 0.408 e. The van der Waals surface area contributed by atoms with E-state index in [1.807, 2.05) is 18.2 Å². The van der Waals surface area contributed by atoms with Crippen molar-refractivity contribution < 1.29 is 28.2 Å². The minimum absolute atomic E-state index is 0.216. The molecule has 0 spiro atoms. The highest BCUT2D eigenvalue weighted by atomic mass is 127. The summed E-state index contributed by atoms with van der Waals surface area (Å²) in [6, 6.07) is 4.60. The normalized spacial score (nSPS) is 12.8. The van der Waals surface area contributed by atoms with Crippen molar-refractivity contribution in [2.75, 3.05) is 13.3 Å². The van der Waals surface area contributed by atoms with Crippen LogP contribution in [0.15, 0.2) is 18.2 Å². The molecule has 1 atom stereocenters. The number of nitrogens with one attached hydrogen (secondary N) is 1. The summed E-state index contributed by atoms with van der Waals surface area (Å²) in [5, 5.41) is 2.63. The molecular weight excluding hydrogens is 504 g/mol. The van der Waals surface area contributed by atoms with Gasteiger partial charge < -0.3 is 19.5 Å². The van der Waals surface area contributed by atoms with Crippen LogP contribution in [0.1, 0.15) is 59.9 Å². The number of hydrogen-bond acceptors (Lipinski definition) is 5. The van der Waals surface area contributed by atoms with E-state index in [-0.39, 0.29) is 13.1 Å². The molecular formula is C22H33FINO5. The third kappa shape index (κ3) is 11.0. The van der Waals surface area contributed by atoms with Crippen molar-refractivity contribution in [3.63, 3.8) is 0 Å². The molecule has 30 heavy (non-hydrogen) atoms. The number of alkyl carbamates (subject to hydrolysis) is 1. The molecule has 8 heteroatoms. The third-order valence-electron chi connectivity index (χ3n) is 3.62. The Morgan fingerprint density at radius 2 is 1.70 bits per heavy atom. The number of carbonyl (C=O) groups is 2. The Balaban J connectivity index is 2.98. The molecule has 1 N–H and O–H groups in total. The van der Waals surface area contributed by atoms with Gasteiger partial charge in [0.2, 0.25) is 0 Å². The first-order valence-electron chi connectivity index (χ1n) is 10.0. The van der Waals surface area contributed by atoms with E-state index in [1.165, 1.54) is 0 Å². The first kappa shape index (κ1) is 26.5. The average molecular weight is 537 g/mol. The lowest BCUT2D eigenvalue weighted by molar-refractivity contribution is -0.157. The molecule has 1 aromatic carbocycles. The lowest BCUT2D eigenvalue weighted by Gasteiger charge is -2.26. The molecule has 0 fully saturated rings. The van der Waals surface area contributed by atoms with E-state index in [4.69, 9.17) is 14.2 Å². The maximum atomic E-state index is 12.7. The fourth-order valence-electron chi connectivity index (χ4n) is 2.42. The van der Waals surface area contributed by atoms with Crippen LogP contribution < -0.4 is 10.1 Å². The highest BCUT2D eigenvalue weighted by molar-refractivity contribution is 14.1. The van der Waals surface area contributed by atoms with E-state index < -0.39 is 29.3 Å². The molecule has 0 aliphatic carbocycles. The van der Waals surface area contributed by atoms with Crippen LogP contribution in [0, 0.1) is 3.57 Å². The second-order valence-corrected chi connectivity index (χ2v) is 10.1. The minimum Gasteiger partial charge on any atom is -0.494 e. The molecule has 0 saturated carbocycles. The lowest BCUT2D eigenvalue weighted by atomic mass is 10.1. The summed E-state index contributed by atoms with van der Waals surface area (Å²) in [7, 11) is 0. The second-order valence-electron chi connectivity index (χ2n) is 8.93. The molecule has 1 rings (SSSR count). The lowest BCUT2D eigenvalue weighted by Crippen LogP contribution is -2.47. The Kier molecular flexibility index (Phi) is 10.3.